The Labute approximate surface area is 114 Å². The Balaban J connectivity index is 2.58. The Kier molecular flexibility index (Phi) is 6.43. The largest absolute Gasteiger partial charge is 0.380 e. The van der Waals surface area contributed by atoms with E-state index in [4.69, 9.17) is 4.74 Å². The van der Waals surface area contributed by atoms with Crippen molar-refractivity contribution in [2.75, 3.05) is 27.2 Å². The molecule has 1 aromatic rings. The monoisotopic (exact) mass is 290 g/mol. The van der Waals surface area contributed by atoms with Gasteiger partial charge in [-0.15, -0.1) is 0 Å². The predicted octanol–water partition coefficient (Wildman–Crippen LogP) is -0.194. The topological polar surface area (TPSA) is 85.2 Å². The van der Waals surface area contributed by atoms with E-state index in [9.17, 15) is 8.42 Å². The van der Waals surface area contributed by atoms with E-state index in [0.29, 0.717) is 6.54 Å². The molecular weight excluding hydrogens is 268 g/mol. The van der Waals surface area contributed by atoms with Crippen molar-refractivity contribution in [1.29, 1.82) is 0 Å². The molecule has 0 bridgehead atoms. The normalized spacial score (nSPS) is 13.6. The van der Waals surface area contributed by atoms with Crippen LogP contribution in [0.4, 0.5) is 0 Å². The zero-order valence-electron chi connectivity index (χ0n) is 11.6. The van der Waals surface area contributed by atoms with Crippen LogP contribution in [0.2, 0.25) is 0 Å². The minimum absolute atomic E-state index is 0.166. The summed E-state index contributed by atoms with van der Waals surface area (Å²) in [4.78, 5) is 0.181. The van der Waals surface area contributed by atoms with Crippen molar-refractivity contribution in [3.05, 3.63) is 12.4 Å². The molecule has 19 heavy (non-hydrogen) atoms. The van der Waals surface area contributed by atoms with Gasteiger partial charge in [-0.2, -0.15) is 5.10 Å². The minimum Gasteiger partial charge on any atom is -0.380 e. The summed E-state index contributed by atoms with van der Waals surface area (Å²) >= 11 is 0. The lowest BCUT2D eigenvalue weighted by atomic mass is 10.4. The predicted molar refractivity (Wildman–Crippen MR) is 72.4 cm³/mol. The molecule has 0 fully saturated rings. The number of hydrogen-bond acceptors (Lipinski definition) is 5. The molecule has 0 aliphatic rings. The van der Waals surface area contributed by atoms with Crippen LogP contribution in [-0.4, -0.2) is 51.5 Å². The fraction of sp³-hybridized carbons (Fsp3) is 0.727. The van der Waals surface area contributed by atoms with Crippen LogP contribution in [0.3, 0.4) is 0 Å². The van der Waals surface area contributed by atoms with Gasteiger partial charge in [-0.1, -0.05) is 0 Å². The Morgan fingerprint density at radius 2 is 2.26 bits per heavy atom. The van der Waals surface area contributed by atoms with Crippen LogP contribution in [0, 0.1) is 0 Å². The quantitative estimate of drug-likeness (QED) is 0.616. The third-order valence-corrected chi connectivity index (χ3v) is 4.08. The summed E-state index contributed by atoms with van der Waals surface area (Å²) < 4.78 is 33.0. The highest BCUT2D eigenvalue weighted by Gasteiger charge is 2.17. The van der Waals surface area contributed by atoms with Gasteiger partial charge >= 0.3 is 0 Å². The van der Waals surface area contributed by atoms with Crippen LogP contribution in [-0.2, 0) is 21.3 Å². The summed E-state index contributed by atoms with van der Waals surface area (Å²) in [6.07, 6.45) is 3.63. The highest BCUT2D eigenvalue weighted by molar-refractivity contribution is 7.89. The van der Waals surface area contributed by atoms with E-state index in [2.05, 4.69) is 15.1 Å². The van der Waals surface area contributed by atoms with Gasteiger partial charge in [0.15, 0.2) is 0 Å². The van der Waals surface area contributed by atoms with Crippen LogP contribution < -0.4 is 10.0 Å². The number of nitrogens with zero attached hydrogens (tertiary/aromatic N) is 2. The second kappa shape index (κ2) is 7.59. The molecule has 1 heterocycles. The van der Waals surface area contributed by atoms with Crippen molar-refractivity contribution in [2.24, 2.45) is 0 Å². The highest BCUT2D eigenvalue weighted by atomic mass is 32.2. The molecular formula is C11H22N4O3S. The molecule has 0 aliphatic carbocycles. The summed E-state index contributed by atoms with van der Waals surface area (Å²) in [6.45, 7) is 3.59. The van der Waals surface area contributed by atoms with Gasteiger partial charge in [0.1, 0.15) is 4.90 Å². The molecule has 1 rings (SSSR count). The Morgan fingerprint density at radius 3 is 2.89 bits per heavy atom. The number of aromatic nitrogens is 2. The van der Waals surface area contributed by atoms with Crippen LogP contribution in [0.5, 0.6) is 0 Å². The van der Waals surface area contributed by atoms with E-state index in [-0.39, 0.29) is 17.5 Å². The smallest absolute Gasteiger partial charge is 0.243 e. The van der Waals surface area contributed by atoms with E-state index >= 15 is 0 Å². The van der Waals surface area contributed by atoms with Crippen LogP contribution in [0.25, 0.3) is 0 Å². The first-order chi connectivity index (χ1) is 8.99. The number of ether oxygens (including phenoxy) is 1. The lowest BCUT2D eigenvalue weighted by molar-refractivity contribution is 0.122. The molecule has 0 aromatic carbocycles. The minimum atomic E-state index is -3.50. The lowest BCUT2D eigenvalue weighted by Crippen LogP contribution is -2.31. The Morgan fingerprint density at radius 1 is 1.53 bits per heavy atom. The molecule has 0 saturated carbocycles. The summed E-state index contributed by atoms with van der Waals surface area (Å²) in [5, 5.41) is 7.07. The number of hydrogen-bond donors (Lipinski definition) is 2. The van der Waals surface area contributed by atoms with Gasteiger partial charge in [0.05, 0.1) is 12.3 Å². The van der Waals surface area contributed by atoms with Crippen molar-refractivity contribution in [3.8, 4) is 0 Å². The highest BCUT2D eigenvalue weighted by Crippen LogP contribution is 2.07. The summed E-state index contributed by atoms with van der Waals surface area (Å²) in [7, 11) is -0.0889. The zero-order chi connectivity index (χ0) is 14.3. The number of sulfonamides is 1. The van der Waals surface area contributed by atoms with Gasteiger partial charge in [0, 0.05) is 26.4 Å². The Bertz CT molecular complexity index is 472. The maximum absolute atomic E-state index is 12.0. The van der Waals surface area contributed by atoms with E-state index in [1.807, 2.05) is 7.05 Å². The average molecular weight is 290 g/mol. The van der Waals surface area contributed by atoms with Crippen LogP contribution in [0.1, 0.15) is 13.3 Å². The molecule has 7 nitrogen and oxygen atoms in total. The second-order valence-corrected chi connectivity index (χ2v) is 6.06. The third-order valence-electron chi connectivity index (χ3n) is 2.70. The number of aryl methyl sites for hydroxylation is 1. The molecule has 1 atom stereocenters. The lowest BCUT2D eigenvalue weighted by Gasteiger charge is -2.10. The fourth-order valence-electron chi connectivity index (χ4n) is 1.42. The van der Waals surface area contributed by atoms with Crippen molar-refractivity contribution in [2.45, 2.75) is 30.9 Å². The molecule has 1 unspecified atom stereocenters. The number of methoxy groups -OCH3 is 1. The van der Waals surface area contributed by atoms with Crippen LogP contribution in [0.15, 0.2) is 17.3 Å². The summed E-state index contributed by atoms with van der Waals surface area (Å²) in [6, 6.07) is 0. The molecule has 0 aliphatic heterocycles. The van der Waals surface area contributed by atoms with E-state index in [1.165, 1.54) is 12.4 Å². The summed E-state index contributed by atoms with van der Waals surface area (Å²) in [5.41, 5.74) is 0. The first kappa shape index (κ1) is 16.1. The molecule has 0 saturated heterocycles. The van der Waals surface area contributed by atoms with E-state index < -0.39 is 10.0 Å². The van der Waals surface area contributed by atoms with Crippen molar-refractivity contribution >= 4 is 10.0 Å². The van der Waals surface area contributed by atoms with Gasteiger partial charge in [0.2, 0.25) is 10.0 Å². The molecule has 2 N–H and O–H groups in total. The molecule has 8 heteroatoms. The van der Waals surface area contributed by atoms with Gasteiger partial charge in [-0.25, -0.2) is 13.1 Å². The van der Waals surface area contributed by atoms with Gasteiger partial charge in [-0.3, -0.25) is 4.68 Å². The molecule has 110 valence electrons. The van der Waals surface area contributed by atoms with Crippen molar-refractivity contribution < 1.29 is 13.2 Å². The third kappa shape index (κ3) is 5.27. The van der Waals surface area contributed by atoms with E-state index in [0.717, 1.165) is 13.0 Å². The molecule has 0 amide bonds. The van der Waals surface area contributed by atoms with Gasteiger partial charge in [0.25, 0.3) is 0 Å². The molecule has 0 radical (unpaired) electrons. The van der Waals surface area contributed by atoms with Gasteiger partial charge < -0.3 is 10.1 Å². The first-order valence-electron chi connectivity index (χ1n) is 6.19. The first-order valence-corrected chi connectivity index (χ1v) is 7.67. The maximum Gasteiger partial charge on any atom is 0.243 e. The number of nitrogens with one attached hydrogen (secondary N) is 2. The fourth-order valence-corrected chi connectivity index (χ4v) is 2.48. The SMILES string of the molecule is CNCCCn1cc(S(=O)(=O)NCC(C)OC)cn1. The number of rotatable bonds is 9. The Hall–Kier alpha value is -0.960. The van der Waals surface area contributed by atoms with Crippen molar-refractivity contribution in [1.82, 2.24) is 19.8 Å². The van der Waals surface area contributed by atoms with Gasteiger partial charge in [-0.05, 0) is 26.9 Å². The average Bonchev–Trinajstić information content (AvgIpc) is 2.86. The molecule has 0 spiro atoms. The maximum atomic E-state index is 12.0. The second-order valence-electron chi connectivity index (χ2n) is 4.29. The van der Waals surface area contributed by atoms with Crippen LogP contribution >= 0.6 is 0 Å². The summed E-state index contributed by atoms with van der Waals surface area (Å²) in [5.74, 6) is 0. The zero-order valence-corrected chi connectivity index (χ0v) is 12.4. The standard InChI is InChI=1S/C11H22N4O3S/c1-10(18-3)7-14-19(16,17)11-8-13-15(9-11)6-4-5-12-2/h8-10,12,14H,4-7H2,1-3H3. The van der Waals surface area contributed by atoms with E-state index in [1.54, 1.807) is 18.7 Å². The molecule has 1 aromatic heterocycles. The van der Waals surface area contributed by atoms with Crippen molar-refractivity contribution in [3.63, 3.8) is 0 Å².